The molecule has 1 aromatic carbocycles. The normalized spacial score (nSPS) is 28.5. The first-order valence-corrected chi connectivity index (χ1v) is 7.59. The highest BCUT2D eigenvalue weighted by Crippen LogP contribution is 2.63. The molecule has 3 rings (SSSR count). The van der Waals surface area contributed by atoms with E-state index < -0.39 is 5.41 Å². The van der Waals surface area contributed by atoms with E-state index in [9.17, 15) is 14.4 Å². The van der Waals surface area contributed by atoms with Crippen molar-refractivity contribution in [1.82, 2.24) is 10.9 Å². The Kier molecular flexibility index (Phi) is 3.31. The number of benzene rings is 1. The van der Waals surface area contributed by atoms with Crippen molar-refractivity contribution < 1.29 is 14.4 Å². The van der Waals surface area contributed by atoms with E-state index in [1.807, 2.05) is 19.9 Å². The minimum atomic E-state index is -0.998. The summed E-state index contributed by atoms with van der Waals surface area (Å²) in [6.45, 7) is 3.96. The molecule has 0 aromatic heterocycles. The van der Waals surface area contributed by atoms with Gasteiger partial charge in [-0.15, -0.1) is 0 Å². The number of fused-ring (bicyclic) bond motifs is 2. The molecule has 2 saturated carbocycles. The predicted octanol–water partition coefficient (Wildman–Crippen LogP) is 1.84. The summed E-state index contributed by atoms with van der Waals surface area (Å²) in [5.41, 5.74) is 3.99. The molecule has 2 atom stereocenters. The van der Waals surface area contributed by atoms with Crippen LogP contribution in [0.4, 0.5) is 0 Å². The molecule has 0 spiro atoms. The van der Waals surface area contributed by atoms with E-state index in [0.29, 0.717) is 18.4 Å². The molecule has 2 bridgehead atoms. The average molecular weight is 300 g/mol. The van der Waals surface area contributed by atoms with Crippen LogP contribution in [0.1, 0.15) is 43.5 Å². The monoisotopic (exact) mass is 300 g/mol. The molecule has 22 heavy (non-hydrogen) atoms. The van der Waals surface area contributed by atoms with Crippen molar-refractivity contribution >= 4 is 17.6 Å². The SMILES string of the molecule is CC1(C)C2CCC1(C(=O)NNC(=O)c1ccccc1)C(=O)C2. The fraction of sp³-hybridized carbons (Fsp3) is 0.471. The molecule has 2 aliphatic carbocycles. The van der Waals surface area contributed by atoms with E-state index >= 15 is 0 Å². The number of rotatable bonds is 2. The smallest absolute Gasteiger partial charge is 0.269 e. The van der Waals surface area contributed by atoms with Gasteiger partial charge in [0.25, 0.3) is 11.8 Å². The minimum Gasteiger partial charge on any atom is -0.298 e. The van der Waals surface area contributed by atoms with Crippen molar-refractivity contribution in [3.63, 3.8) is 0 Å². The van der Waals surface area contributed by atoms with Crippen LogP contribution in [0.3, 0.4) is 0 Å². The van der Waals surface area contributed by atoms with Crippen molar-refractivity contribution in [2.24, 2.45) is 16.7 Å². The van der Waals surface area contributed by atoms with Gasteiger partial charge in [0, 0.05) is 12.0 Å². The summed E-state index contributed by atoms with van der Waals surface area (Å²) < 4.78 is 0. The summed E-state index contributed by atoms with van der Waals surface area (Å²) >= 11 is 0. The van der Waals surface area contributed by atoms with Crippen molar-refractivity contribution in [3.05, 3.63) is 35.9 Å². The Bertz CT molecular complexity index is 639. The van der Waals surface area contributed by atoms with Gasteiger partial charge in [-0.25, -0.2) is 0 Å². The molecule has 2 unspecified atom stereocenters. The molecule has 2 N–H and O–H groups in total. The van der Waals surface area contributed by atoms with E-state index in [1.165, 1.54) is 0 Å². The number of Topliss-reactive ketones (excluding diaryl/α,β-unsaturated/α-hetero) is 1. The Labute approximate surface area is 129 Å². The molecule has 2 aliphatic rings. The number of amides is 2. The first-order chi connectivity index (χ1) is 10.4. The maximum Gasteiger partial charge on any atom is 0.269 e. The van der Waals surface area contributed by atoms with Crippen molar-refractivity contribution in [1.29, 1.82) is 0 Å². The molecule has 0 saturated heterocycles. The molecule has 1 aromatic rings. The van der Waals surface area contributed by atoms with Gasteiger partial charge in [-0.3, -0.25) is 25.2 Å². The standard InChI is InChI=1S/C17H20N2O3/c1-16(2)12-8-9-17(16,13(20)10-12)15(22)19-18-14(21)11-6-4-3-5-7-11/h3-7,12H,8-10H2,1-2H3,(H,18,21)(H,19,22). The zero-order valence-electron chi connectivity index (χ0n) is 12.8. The second-order valence-electron chi connectivity index (χ2n) is 6.76. The van der Waals surface area contributed by atoms with Crippen LogP contribution in [0.2, 0.25) is 0 Å². The molecule has 5 heteroatoms. The van der Waals surface area contributed by atoms with E-state index in [2.05, 4.69) is 10.9 Å². The van der Waals surface area contributed by atoms with Gasteiger partial charge in [-0.05, 0) is 36.3 Å². The summed E-state index contributed by atoms with van der Waals surface area (Å²) in [5, 5.41) is 0. The zero-order valence-corrected chi connectivity index (χ0v) is 12.8. The lowest BCUT2D eigenvalue weighted by atomic mass is 9.68. The van der Waals surface area contributed by atoms with Crippen LogP contribution >= 0.6 is 0 Å². The van der Waals surface area contributed by atoms with Crippen LogP contribution in [-0.2, 0) is 9.59 Å². The number of ketones is 1. The Morgan fingerprint density at radius 1 is 1.14 bits per heavy atom. The van der Waals surface area contributed by atoms with Crippen LogP contribution in [0.25, 0.3) is 0 Å². The van der Waals surface area contributed by atoms with Gasteiger partial charge in [-0.2, -0.15) is 0 Å². The predicted molar refractivity (Wildman–Crippen MR) is 80.6 cm³/mol. The Balaban J connectivity index is 1.73. The fourth-order valence-electron chi connectivity index (χ4n) is 4.09. The number of hydrazine groups is 1. The van der Waals surface area contributed by atoms with Gasteiger partial charge in [0.2, 0.25) is 0 Å². The quantitative estimate of drug-likeness (QED) is 0.646. The molecule has 0 radical (unpaired) electrons. The van der Waals surface area contributed by atoms with E-state index in [1.54, 1.807) is 24.3 Å². The molecule has 116 valence electrons. The Hall–Kier alpha value is -2.17. The molecule has 2 fully saturated rings. The number of hydrogen-bond donors (Lipinski definition) is 2. The van der Waals surface area contributed by atoms with E-state index in [4.69, 9.17) is 0 Å². The highest BCUT2D eigenvalue weighted by Gasteiger charge is 2.68. The van der Waals surface area contributed by atoms with Gasteiger partial charge < -0.3 is 0 Å². The second-order valence-corrected chi connectivity index (χ2v) is 6.76. The first kappa shape index (κ1) is 14.8. The van der Waals surface area contributed by atoms with Crippen LogP contribution in [0, 0.1) is 16.7 Å². The van der Waals surface area contributed by atoms with E-state index in [0.717, 1.165) is 6.42 Å². The van der Waals surface area contributed by atoms with Gasteiger partial charge in [0.05, 0.1) is 0 Å². The largest absolute Gasteiger partial charge is 0.298 e. The second kappa shape index (κ2) is 4.93. The summed E-state index contributed by atoms with van der Waals surface area (Å²) in [5.74, 6) is -0.509. The molecular formula is C17H20N2O3. The summed E-state index contributed by atoms with van der Waals surface area (Å²) in [7, 11) is 0. The molecule has 2 amide bonds. The zero-order chi connectivity index (χ0) is 16.0. The molecule has 5 nitrogen and oxygen atoms in total. The third-order valence-electron chi connectivity index (χ3n) is 5.61. The number of nitrogens with one attached hydrogen (secondary N) is 2. The third kappa shape index (κ3) is 1.88. The maximum absolute atomic E-state index is 12.6. The van der Waals surface area contributed by atoms with Gasteiger partial charge in [0.1, 0.15) is 11.2 Å². The lowest BCUT2D eigenvalue weighted by molar-refractivity contribution is -0.145. The highest BCUT2D eigenvalue weighted by atomic mass is 16.2. The first-order valence-electron chi connectivity index (χ1n) is 7.59. The van der Waals surface area contributed by atoms with Crippen LogP contribution in [-0.4, -0.2) is 17.6 Å². The van der Waals surface area contributed by atoms with Gasteiger partial charge >= 0.3 is 0 Å². The number of hydrogen-bond acceptors (Lipinski definition) is 3. The summed E-state index contributed by atoms with van der Waals surface area (Å²) in [4.78, 5) is 37.0. The summed E-state index contributed by atoms with van der Waals surface area (Å²) in [6, 6.07) is 8.64. The molecule has 0 aliphatic heterocycles. The van der Waals surface area contributed by atoms with Crippen molar-refractivity contribution in [2.75, 3.05) is 0 Å². The Morgan fingerprint density at radius 3 is 2.36 bits per heavy atom. The van der Waals surface area contributed by atoms with Crippen LogP contribution in [0.5, 0.6) is 0 Å². The lowest BCUT2D eigenvalue weighted by Gasteiger charge is -2.34. The Morgan fingerprint density at radius 2 is 1.82 bits per heavy atom. The minimum absolute atomic E-state index is 0.000195. The van der Waals surface area contributed by atoms with Gasteiger partial charge in [0.15, 0.2) is 0 Å². The van der Waals surface area contributed by atoms with Crippen molar-refractivity contribution in [3.8, 4) is 0 Å². The summed E-state index contributed by atoms with van der Waals surface area (Å²) in [6.07, 6.45) is 1.92. The van der Waals surface area contributed by atoms with Crippen LogP contribution < -0.4 is 10.9 Å². The maximum atomic E-state index is 12.6. The highest BCUT2D eigenvalue weighted by molar-refractivity contribution is 6.10. The fourth-order valence-corrected chi connectivity index (χ4v) is 4.09. The molecular weight excluding hydrogens is 280 g/mol. The average Bonchev–Trinajstić information content (AvgIpc) is 2.88. The van der Waals surface area contributed by atoms with Crippen molar-refractivity contribution in [2.45, 2.75) is 33.1 Å². The van der Waals surface area contributed by atoms with E-state index in [-0.39, 0.29) is 28.9 Å². The van der Waals surface area contributed by atoms with Gasteiger partial charge in [-0.1, -0.05) is 32.0 Å². The number of carbonyl (C=O) groups excluding carboxylic acids is 3. The molecule has 0 heterocycles. The topological polar surface area (TPSA) is 75.3 Å². The number of carbonyl (C=O) groups is 3. The lowest BCUT2D eigenvalue weighted by Crippen LogP contribution is -2.54. The van der Waals surface area contributed by atoms with Crippen LogP contribution in [0.15, 0.2) is 30.3 Å². The third-order valence-corrected chi connectivity index (χ3v) is 5.61.